The summed E-state index contributed by atoms with van der Waals surface area (Å²) in [7, 11) is -10.0. The van der Waals surface area contributed by atoms with E-state index in [0.717, 1.165) is 154 Å². The molecular formula is C87H136O17P2. The Bertz CT molecular complexity index is 2830. The van der Waals surface area contributed by atoms with Gasteiger partial charge in [-0.15, -0.1) is 0 Å². The van der Waals surface area contributed by atoms with Crippen molar-refractivity contribution in [2.75, 3.05) is 39.6 Å². The van der Waals surface area contributed by atoms with Gasteiger partial charge in [0.15, 0.2) is 12.2 Å². The van der Waals surface area contributed by atoms with Crippen molar-refractivity contribution < 1.29 is 80.2 Å². The molecule has 0 saturated heterocycles. The summed E-state index contributed by atoms with van der Waals surface area (Å²) < 4.78 is 68.3. The molecule has 0 fully saturated rings. The topological polar surface area (TPSA) is 237 Å². The van der Waals surface area contributed by atoms with Crippen LogP contribution in [0.3, 0.4) is 0 Å². The highest BCUT2D eigenvalue weighted by Gasteiger charge is 2.30. The lowest BCUT2D eigenvalue weighted by molar-refractivity contribution is -0.161. The van der Waals surface area contributed by atoms with Crippen LogP contribution in [-0.2, 0) is 65.4 Å². The van der Waals surface area contributed by atoms with Gasteiger partial charge in [-0.05, 0) is 167 Å². The van der Waals surface area contributed by atoms with Crippen LogP contribution in [0.15, 0.2) is 207 Å². The molecule has 5 atom stereocenters. The highest BCUT2D eigenvalue weighted by atomic mass is 31.2. The number of phosphoric acid groups is 2. The quantitative estimate of drug-likeness (QED) is 0.0169. The summed E-state index contributed by atoms with van der Waals surface area (Å²) >= 11 is 0. The summed E-state index contributed by atoms with van der Waals surface area (Å²) in [6, 6.07) is 0. The lowest BCUT2D eigenvalue weighted by Crippen LogP contribution is -2.30. The molecule has 3 N–H and O–H groups in total. The number of rotatable bonds is 71. The van der Waals surface area contributed by atoms with Crippen molar-refractivity contribution in [3.8, 4) is 0 Å². The van der Waals surface area contributed by atoms with Gasteiger partial charge in [-0.25, -0.2) is 9.13 Å². The highest BCUT2D eigenvalue weighted by Crippen LogP contribution is 2.45. The monoisotopic (exact) mass is 1510 g/mol. The van der Waals surface area contributed by atoms with Crippen molar-refractivity contribution in [2.24, 2.45) is 0 Å². The van der Waals surface area contributed by atoms with E-state index in [2.05, 4.69) is 198 Å². The number of phosphoric ester groups is 2. The first-order valence-corrected chi connectivity index (χ1v) is 42.3. The predicted molar refractivity (Wildman–Crippen MR) is 435 cm³/mol. The van der Waals surface area contributed by atoms with Crippen LogP contribution in [0.1, 0.15) is 259 Å². The van der Waals surface area contributed by atoms with Gasteiger partial charge >= 0.3 is 39.5 Å². The second-order valence-electron chi connectivity index (χ2n) is 25.2. The van der Waals surface area contributed by atoms with E-state index in [1.807, 2.05) is 30.4 Å². The minimum atomic E-state index is -5.02. The average Bonchev–Trinajstić information content (AvgIpc) is 0.902. The molecule has 0 aliphatic heterocycles. The molecule has 5 unspecified atom stereocenters. The Morgan fingerprint density at radius 1 is 0.283 bits per heavy atom. The molecule has 0 radical (unpaired) electrons. The molecule has 17 nitrogen and oxygen atoms in total. The fourth-order valence-electron chi connectivity index (χ4n) is 9.38. The number of allylic oxidation sites excluding steroid dienone is 33. The van der Waals surface area contributed by atoms with Crippen molar-refractivity contribution in [2.45, 2.75) is 277 Å². The Balaban J connectivity index is 5.56. The molecule has 19 heteroatoms. The number of ether oxygens (including phenoxy) is 4. The number of hydrogen-bond acceptors (Lipinski definition) is 15. The number of aliphatic hydroxyl groups is 1. The zero-order valence-electron chi connectivity index (χ0n) is 65.0. The minimum absolute atomic E-state index is 0.00275. The first kappa shape index (κ1) is 99.6. The third-order valence-corrected chi connectivity index (χ3v) is 17.2. The van der Waals surface area contributed by atoms with E-state index in [4.69, 9.17) is 37.0 Å². The maximum atomic E-state index is 13.1. The smallest absolute Gasteiger partial charge is 0.462 e. The van der Waals surface area contributed by atoms with Gasteiger partial charge in [-0.1, -0.05) is 273 Å². The van der Waals surface area contributed by atoms with Crippen molar-refractivity contribution in [3.05, 3.63) is 207 Å². The number of aliphatic hydroxyl groups excluding tert-OH is 1. The van der Waals surface area contributed by atoms with E-state index in [-0.39, 0.29) is 25.7 Å². The number of esters is 4. The van der Waals surface area contributed by atoms with E-state index in [1.54, 1.807) is 6.08 Å². The largest absolute Gasteiger partial charge is 0.472 e. The zero-order valence-corrected chi connectivity index (χ0v) is 66.8. The lowest BCUT2D eigenvalue weighted by atomic mass is 10.1. The molecule has 0 amide bonds. The standard InChI is InChI=1S/C87H136O17P2/c1-5-9-13-17-21-25-29-33-37-39-40-42-45-48-52-56-60-64-68-72-85(90)98-78-83(104-87(92)74-70-66-62-58-54-50-46-41-38-34-30-26-22-18-14-10-6-2)80-102-106(95,96)100-76-81(88)75-99-105(93,94)101-79-82(103-86(91)73-69-65-61-57-53-49-44-36-32-28-24-20-16-12-8-4)77-97-84(89)71-67-63-59-55-51-47-43-35-31-27-23-19-15-11-7-3/h9-11,13-15,21-28,33-38,40,42-44,46,48,50-52,55,58,62-63,67,81-83,88H,5-8,12,16-20,29-32,39,41,45,47,49,53-54,56-57,59-61,64-66,68-80H2,1-4H3,(H,93,94)(H,95,96)/b13-9-,14-10-,15-11-,25-21-,26-22-,27-23-,28-24-,37-33-,38-34-,42-40-,43-35-,44-36-,50-46-,52-48-,55-51-,62-58-,67-63-. The Labute approximate surface area is 639 Å². The molecular weight excluding hydrogens is 1380 g/mol. The normalized spacial score (nSPS) is 15.0. The molecule has 0 saturated carbocycles. The fourth-order valence-corrected chi connectivity index (χ4v) is 11.0. The summed E-state index contributed by atoms with van der Waals surface area (Å²) in [5.41, 5.74) is 0. The van der Waals surface area contributed by atoms with E-state index in [0.29, 0.717) is 32.1 Å². The molecule has 0 spiro atoms. The van der Waals surface area contributed by atoms with Crippen molar-refractivity contribution in [1.29, 1.82) is 0 Å². The summed E-state index contributed by atoms with van der Waals surface area (Å²) in [6.07, 6.45) is 95.6. The Kier molecular flexibility index (Phi) is 72.2. The van der Waals surface area contributed by atoms with E-state index in [9.17, 15) is 43.2 Å². The van der Waals surface area contributed by atoms with Crippen LogP contribution in [0.5, 0.6) is 0 Å². The lowest BCUT2D eigenvalue weighted by Gasteiger charge is -2.21. The maximum absolute atomic E-state index is 13.1. The Morgan fingerprint density at radius 3 is 0.887 bits per heavy atom. The summed E-state index contributed by atoms with van der Waals surface area (Å²) in [5, 5.41) is 10.6. The molecule has 0 aliphatic carbocycles. The molecule has 0 aliphatic rings. The predicted octanol–water partition coefficient (Wildman–Crippen LogP) is 23.1. The molecule has 0 rings (SSSR count). The third-order valence-electron chi connectivity index (χ3n) is 15.3. The van der Waals surface area contributed by atoms with Crippen LogP contribution in [-0.4, -0.2) is 96.7 Å². The van der Waals surface area contributed by atoms with Crippen molar-refractivity contribution in [1.82, 2.24) is 0 Å². The van der Waals surface area contributed by atoms with Crippen molar-refractivity contribution in [3.63, 3.8) is 0 Å². The van der Waals surface area contributed by atoms with Crippen LogP contribution in [0, 0.1) is 0 Å². The number of carbonyl (C=O) groups is 4. The van der Waals surface area contributed by atoms with Gasteiger partial charge in [0.05, 0.1) is 32.8 Å². The van der Waals surface area contributed by atoms with Gasteiger partial charge in [-0.2, -0.15) is 0 Å². The van der Waals surface area contributed by atoms with Crippen LogP contribution in [0.2, 0.25) is 0 Å². The maximum Gasteiger partial charge on any atom is 0.472 e. The van der Waals surface area contributed by atoms with Crippen LogP contribution >= 0.6 is 15.6 Å². The third kappa shape index (κ3) is 75.9. The molecule has 0 heterocycles. The van der Waals surface area contributed by atoms with Gasteiger partial charge in [0, 0.05) is 19.3 Å². The Morgan fingerprint density at radius 2 is 0.538 bits per heavy atom. The summed E-state index contributed by atoms with van der Waals surface area (Å²) in [4.78, 5) is 72.9. The SMILES string of the molecule is CC/C=C\C/C=C\C/C=C\C/C=C\C/C=C\CCCCCC(=O)OCC(COP(=O)(O)OCC(O)COP(=O)(O)OCC(COC(=O)C/C=C\C/C=C\C/C=C\C/C=C\C/C=C\CC)OC(=O)CCCCCCC/C=C\C/C=C\CCCCC)OC(=O)CCC/C=C\C/C=C\C/C=C\C/C=C\C/C=C\CC. The van der Waals surface area contributed by atoms with Gasteiger partial charge < -0.3 is 33.8 Å². The average molecular weight is 1520 g/mol. The minimum Gasteiger partial charge on any atom is -0.462 e. The molecule has 0 bridgehead atoms. The van der Waals surface area contributed by atoms with Crippen LogP contribution < -0.4 is 0 Å². The van der Waals surface area contributed by atoms with Crippen molar-refractivity contribution >= 4 is 39.5 Å². The van der Waals surface area contributed by atoms with Crippen LogP contribution in [0.25, 0.3) is 0 Å². The zero-order chi connectivity index (χ0) is 77.4. The van der Waals surface area contributed by atoms with E-state index < -0.39 is 97.5 Å². The molecule has 0 aromatic rings. The first-order valence-electron chi connectivity index (χ1n) is 39.3. The Hall–Kier alpha value is -6.36. The molecule has 596 valence electrons. The van der Waals surface area contributed by atoms with Gasteiger partial charge in [0.2, 0.25) is 0 Å². The number of hydrogen-bond donors (Lipinski definition) is 3. The molecule has 0 aromatic heterocycles. The number of unbranched alkanes of at least 4 members (excludes halogenated alkanes) is 12. The summed E-state index contributed by atoms with van der Waals surface area (Å²) in [6.45, 7) is 4.23. The van der Waals surface area contributed by atoms with Crippen LogP contribution in [0.4, 0.5) is 0 Å². The highest BCUT2D eigenvalue weighted by molar-refractivity contribution is 7.47. The number of carbonyl (C=O) groups excluding carboxylic acids is 4. The molecule has 0 aromatic carbocycles. The summed E-state index contributed by atoms with van der Waals surface area (Å²) in [5.74, 6) is -2.47. The molecule has 106 heavy (non-hydrogen) atoms. The van der Waals surface area contributed by atoms with E-state index >= 15 is 0 Å². The van der Waals surface area contributed by atoms with Gasteiger partial charge in [0.1, 0.15) is 19.3 Å². The van der Waals surface area contributed by atoms with Gasteiger partial charge in [-0.3, -0.25) is 37.3 Å². The first-order chi connectivity index (χ1) is 51.7. The van der Waals surface area contributed by atoms with E-state index in [1.165, 1.54) is 19.3 Å². The van der Waals surface area contributed by atoms with Gasteiger partial charge in [0.25, 0.3) is 0 Å². The fraction of sp³-hybridized carbons (Fsp3) is 0.563. The second-order valence-corrected chi connectivity index (χ2v) is 28.1. The second kappa shape index (κ2) is 76.8.